The molecular formula is C22H25FO2. The van der Waals surface area contributed by atoms with Crippen LogP contribution in [0.5, 0.6) is 0 Å². The maximum Gasteiger partial charge on any atom is 0.334 e. The molecule has 0 unspecified atom stereocenters. The first-order valence-corrected chi connectivity index (χ1v) is 9.24. The van der Waals surface area contributed by atoms with E-state index >= 15 is 0 Å². The van der Waals surface area contributed by atoms with Gasteiger partial charge in [-0.2, -0.15) is 0 Å². The molecule has 1 heterocycles. The summed E-state index contributed by atoms with van der Waals surface area (Å²) in [5.41, 5.74) is 3.75. The molecule has 0 amide bonds. The number of allylic oxidation sites excluding steroid dienone is 1. The first-order chi connectivity index (χ1) is 11.9. The van der Waals surface area contributed by atoms with Crippen LogP contribution in [-0.4, -0.2) is 12.1 Å². The molecule has 1 aliphatic heterocycles. The molecule has 3 fully saturated rings. The number of rotatable bonds is 1. The third kappa shape index (κ3) is 2.74. The molecular weight excluding hydrogens is 315 g/mol. The predicted octanol–water partition coefficient (Wildman–Crippen LogP) is 5.22. The zero-order valence-corrected chi connectivity index (χ0v) is 15.0. The van der Waals surface area contributed by atoms with Gasteiger partial charge in [0, 0.05) is 11.5 Å². The highest BCUT2D eigenvalue weighted by atomic mass is 19.1. The Hall–Kier alpha value is -1.90. The van der Waals surface area contributed by atoms with Gasteiger partial charge in [0.25, 0.3) is 0 Å². The molecule has 0 radical (unpaired) electrons. The maximum atomic E-state index is 13.5. The largest absolute Gasteiger partial charge is 0.458 e. The van der Waals surface area contributed by atoms with Crippen LogP contribution in [0.4, 0.5) is 4.39 Å². The molecule has 0 N–H and O–H groups in total. The predicted molar refractivity (Wildman–Crippen MR) is 96.3 cm³/mol. The molecule has 2 saturated carbocycles. The number of benzene rings is 1. The van der Waals surface area contributed by atoms with Gasteiger partial charge < -0.3 is 4.74 Å². The normalized spacial score (nSPS) is 36.1. The second-order valence-electron chi connectivity index (χ2n) is 8.32. The number of hydrogen-bond acceptors (Lipinski definition) is 2. The summed E-state index contributed by atoms with van der Waals surface area (Å²) in [6.45, 7) is 8.39. The van der Waals surface area contributed by atoms with Gasteiger partial charge >= 0.3 is 5.97 Å². The summed E-state index contributed by atoms with van der Waals surface area (Å²) in [5, 5.41) is 0. The van der Waals surface area contributed by atoms with Crippen LogP contribution in [0.15, 0.2) is 35.9 Å². The van der Waals surface area contributed by atoms with Gasteiger partial charge in [0.15, 0.2) is 0 Å². The summed E-state index contributed by atoms with van der Waals surface area (Å²) >= 11 is 0. The number of fused-ring (bicyclic) bond motifs is 2. The Morgan fingerprint density at radius 2 is 2.20 bits per heavy atom. The molecule has 4 rings (SSSR count). The van der Waals surface area contributed by atoms with Crippen LogP contribution in [0.3, 0.4) is 0 Å². The molecule has 3 heteroatoms. The van der Waals surface area contributed by atoms with Gasteiger partial charge in [-0.3, -0.25) is 0 Å². The Labute approximate surface area is 148 Å². The van der Waals surface area contributed by atoms with Crippen molar-refractivity contribution in [1.82, 2.24) is 0 Å². The average Bonchev–Trinajstić information content (AvgIpc) is 2.83. The lowest BCUT2D eigenvalue weighted by molar-refractivity contribution is -0.142. The summed E-state index contributed by atoms with van der Waals surface area (Å²) in [6, 6.07) is 4.97. The van der Waals surface area contributed by atoms with Gasteiger partial charge in [0.2, 0.25) is 0 Å². The van der Waals surface area contributed by atoms with Crippen LogP contribution in [0.25, 0.3) is 6.08 Å². The van der Waals surface area contributed by atoms with Gasteiger partial charge in [-0.25, -0.2) is 9.18 Å². The highest BCUT2D eigenvalue weighted by molar-refractivity contribution is 5.96. The fraction of sp³-hybridized carbons (Fsp3) is 0.500. The minimum atomic E-state index is -0.221. The van der Waals surface area contributed by atoms with E-state index in [0.29, 0.717) is 11.5 Å². The number of halogens is 1. The van der Waals surface area contributed by atoms with Crippen molar-refractivity contribution in [3.63, 3.8) is 0 Å². The molecule has 0 spiro atoms. The second kappa shape index (κ2) is 5.82. The third-order valence-corrected chi connectivity index (χ3v) is 6.58. The fourth-order valence-electron chi connectivity index (χ4n) is 5.17. The van der Waals surface area contributed by atoms with Crippen molar-refractivity contribution in [3.8, 4) is 0 Å². The number of esters is 1. The number of aryl methyl sites for hydroxylation is 1. The number of hydrogen-bond donors (Lipinski definition) is 0. The summed E-state index contributed by atoms with van der Waals surface area (Å²) in [7, 11) is 0. The quantitative estimate of drug-likeness (QED) is 0.398. The van der Waals surface area contributed by atoms with Crippen LogP contribution < -0.4 is 0 Å². The molecule has 0 bridgehead atoms. The summed E-state index contributed by atoms with van der Waals surface area (Å²) < 4.78 is 19.2. The second-order valence-corrected chi connectivity index (χ2v) is 8.32. The van der Waals surface area contributed by atoms with Crippen LogP contribution >= 0.6 is 0 Å². The minimum Gasteiger partial charge on any atom is -0.458 e. The molecule has 0 aromatic heterocycles. The molecule has 2 nitrogen and oxygen atoms in total. The van der Waals surface area contributed by atoms with Crippen molar-refractivity contribution in [2.45, 2.75) is 52.1 Å². The van der Waals surface area contributed by atoms with Crippen LogP contribution in [0.1, 0.15) is 50.2 Å². The zero-order valence-electron chi connectivity index (χ0n) is 15.0. The van der Waals surface area contributed by atoms with Gasteiger partial charge in [-0.15, -0.1) is 0 Å². The third-order valence-electron chi connectivity index (χ3n) is 6.58. The molecule has 25 heavy (non-hydrogen) atoms. The van der Waals surface area contributed by atoms with E-state index in [-0.39, 0.29) is 29.2 Å². The van der Waals surface area contributed by atoms with Crippen molar-refractivity contribution in [2.24, 2.45) is 17.3 Å². The van der Waals surface area contributed by atoms with E-state index in [9.17, 15) is 9.18 Å². The zero-order chi connectivity index (χ0) is 17.8. The van der Waals surface area contributed by atoms with E-state index in [2.05, 4.69) is 13.5 Å². The average molecular weight is 340 g/mol. The van der Waals surface area contributed by atoms with Gasteiger partial charge in [0.05, 0.1) is 0 Å². The molecule has 1 saturated heterocycles. The topological polar surface area (TPSA) is 26.3 Å². The van der Waals surface area contributed by atoms with Crippen molar-refractivity contribution in [2.75, 3.05) is 0 Å². The van der Waals surface area contributed by atoms with Crippen LogP contribution in [-0.2, 0) is 9.53 Å². The highest BCUT2D eigenvalue weighted by Gasteiger charge is 2.53. The lowest BCUT2D eigenvalue weighted by atomic mass is 9.56. The van der Waals surface area contributed by atoms with Crippen molar-refractivity contribution in [3.05, 3.63) is 52.9 Å². The Morgan fingerprint density at radius 3 is 2.96 bits per heavy atom. The lowest BCUT2D eigenvalue weighted by Gasteiger charge is -2.49. The molecule has 4 atom stereocenters. The van der Waals surface area contributed by atoms with Crippen molar-refractivity contribution >= 4 is 12.0 Å². The summed E-state index contributed by atoms with van der Waals surface area (Å²) in [6.07, 6.45) is 7.22. The van der Waals surface area contributed by atoms with Crippen molar-refractivity contribution < 1.29 is 13.9 Å². The summed E-state index contributed by atoms with van der Waals surface area (Å²) in [5.74, 6) is 0.173. The van der Waals surface area contributed by atoms with E-state index < -0.39 is 0 Å². The number of carbonyl (C=O) groups excluding carboxylic acids is 1. The Bertz CT molecular complexity index is 778. The number of ether oxygens (including phenoxy) is 1. The molecule has 1 aromatic rings. The maximum absolute atomic E-state index is 13.5. The van der Waals surface area contributed by atoms with E-state index in [1.807, 2.05) is 6.08 Å². The van der Waals surface area contributed by atoms with Crippen molar-refractivity contribution in [1.29, 1.82) is 0 Å². The van der Waals surface area contributed by atoms with E-state index in [0.717, 1.165) is 30.4 Å². The Balaban J connectivity index is 1.67. The van der Waals surface area contributed by atoms with Crippen LogP contribution in [0.2, 0.25) is 0 Å². The fourth-order valence-corrected chi connectivity index (χ4v) is 5.17. The minimum absolute atomic E-state index is 0.0209. The lowest BCUT2D eigenvalue weighted by Crippen LogP contribution is -2.43. The monoisotopic (exact) mass is 340 g/mol. The van der Waals surface area contributed by atoms with E-state index in [1.165, 1.54) is 24.5 Å². The standard InChI is InChI=1S/C22H25FO2/c1-13-5-4-8-22(3)12-20-16(11-18(13)22)17(21(24)25-20)10-15-6-7-19(23)14(2)9-15/h6-7,9-10,16,18,20H,1,4-5,8,11-12H2,2-3H3/b17-10+/t16-,18+,20-,22-/m1/s1. The van der Waals surface area contributed by atoms with Gasteiger partial charge in [-0.1, -0.05) is 25.1 Å². The first-order valence-electron chi connectivity index (χ1n) is 9.24. The molecule has 1 aromatic carbocycles. The highest BCUT2D eigenvalue weighted by Crippen LogP contribution is 2.56. The molecule has 3 aliphatic rings. The number of carbonyl (C=O) groups is 1. The van der Waals surface area contributed by atoms with Gasteiger partial charge in [-0.05, 0) is 79.7 Å². The van der Waals surface area contributed by atoms with Gasteiger partial charge in [0.1, 0.15) is 11.9 Å². The smallest absolute Gasteiger partial charge is 0.334 e. The summed E-state index contributed by atoms with van der Waals surface area (Å²) in [4.78, 5) is 12.5. The Morgan fingerprint density at radius 1 is 1.40 bits per heavy atom. The van der Waals surface area contributed by atoms with E-state index in [4.69, 9.17) is 4.74 Å². The van der Waals surface area contributed by atoms with E-state index in [1.54, 1.807) is 19.1 Å². The molecule has 132 valence electrons. The van der Waals surface area contributed by atoms with Crippen LogP contribution in [0, 0.1) is 30.0 Å². The Kier molecular flexibility index (Phi) is 3.86. The molecule has 2 aliphatic carbocycles. The SMILES string of the molecule is C=C1CCC[C@]2(C)C[C@H]3OC(=O)/C(=C/c4ccc(F)c(C)c4)[C@H]3C[C@@H]12. The first kappa shape index (κ1) is 16.6.